The first-order valence-corrected chi connectivity index (χ1v) is 5.39. The van der Waals surface area contributed by atoms with E-state index in [0.29, 0.717) is 17.3 Å². The van der Waals surface area contributed by atoms with Gasteiger partial charge in [0.1, 0.15) is 5.54 Å². The van der Waals surface area contributed by atoms with Gasteiger partial charge in [0, 0.05) is 12.8 Å². The fourth-order valence-corrected chi connectivity index (χ4v) is 1.97. The monoisotopic (exact) mass is 227 g/mol. The molecule has 0 saturated heterocycles. The molecule has 1 rings (SSSR count). The first-order chi connectivity index (χ1) is 6.96. The second kappa shape index (κ2) is 4.51. The third-order valence-electron chi connectivity index (χ3n) is 1.95. The van der Waals surface area contributed by atoms with Crippen molar-refractivity contribution in [1.29, 1.82) is 5.26 Å². The molecule has 1 unspecified atom stereocenters. The van der Waals surface area contributed by atoms with Crippen LogP contribution in [-0.2, 0) is 7.05 Å². The Kier molecular flexibility index (Phi) is 3.55. The Morgan fingerprint density at radius 2 is 2.47 bits per heavy atom. The number of aromatic amines is 1. The average molecular weight is 227 g/mol. The predicted molar refractivity (Wildman–Crippen MR) is 57.4 cm³/mol. The summed E-state index contributed by atoms with van der Waals surface area (Å²) in [7, 11) is 1.64. The average Bonchev–Trinajstić information content (AvgIpc) is 2.49. The molecular weight excluding hydrogens is 214 g/mol. The highest BCUT2D eigenvalue weighted by Gasteiger charge is 2.17. The zero-order chi connectivity index (χ0) is 11.5. The number of nitrogens with one attached hydrogen (secondary N) is 1. The second-order valence-corrected chi connectivity index (χ2v) is 4.56. The SMILES string of the molecule is Cn1c(SCCC(C)(N)C#N)n[nH]c1=O. The first-order valence-electron chi connectivity index (χ1n) is 4.40. The molecular formula is C8H13N5OS. The molecule has 1 aromatic heterocycles. The summed E-state index contributed by atoms with van der Waals surface area (Å²) in [6.07, 6.45) is 0.551. The van der Waals surface area contributed by atoms with Crippen molar-refractivity contribution >= 4 is 11.8 Å². The Morgan fingerprint density at radius 3 is 2.93 bits per heavy atom. The second-order valence-electron chi connectivity index (χ2n) is 3.50. The zero-order valence-electron chi connectivity index (χ0n) is 8.65. The molecule has 1 aromatic rings. The van der Waals surface area contributed by atoms with Gasteiger partial charge < -0.3 is 5.73 Å². The quantitative estimate of drug-likeness (QED) is 0.696. The van der Waals surface area contributed by atoms with E-state index in [4.69, 9.17) is 11.0 Å². The van der Waals surface area contributed by atoms with Crippen molar-refractivity contribution in [2.75, 3.05) is 5.75 Å². The maximum atomic E-state index is 11.0. The fourth-order valence-electron chi connectivity index (χ4n) is 0.872. The molecule has 0 aromatic carbocycles. The van der Waals surface area contributed by atoms with Gasteiger partial charge in [-0.1, -0.05) is 11.8 Å². The van der Waals surface area contributed by atoms with Gasteiger partial charge in [-0.2, -0.15) is 5.26 Å². The number of nitriles is 1. The highest BCUT2D eigenvalue weighted by atomic mass is 32.2. The van der Waals surface area contributed by atoms with Crippen LogP contribution in [0.1, 0.15) is 13.3 Å². The lowest BCUT2D eigenvalue weighted by molar-refractivity contribution is 0.582. The molecule has 0 aliphatic rings. The maximum Gasteiger partial charge on any atom is 0.343 e. The lowest BCUT2D eigenvalue weighted by Crippen LogP contribution is -2.34. The van der Waals surface area contributed by atoms with Crippen LogP contribution in [0.25, 0.3) is 0 Å². The van der Waals surface area contributed by atoms with E-state index in [9.17, 15) is 4.79 Å². The van der Waals surface area contributed by atoms with Gasteiger partial charge in [0.15, 0.2) is 5.16 Å². The van der Waals surface area contributed by atoms with E-state index in [2.05, 4.69) is 10.2 Å². The lowest BCUT2D eigenvalue weighted by atomic mass is 10.0. The van der Waals surface area contributed by atoms with Crippen molar-refractivity contribution in [1.82, 2.24) is 14.8 Å². The third-order valence-corrected chi connectivity index (χ3v) is 2.98. The number of hydrogen-bond donors (Lipinski definition) is 2. The number of thioether (sulfide) groups is 1. The van der Waals surface area contributed by atoms with Crippen LogP contribution in [0.2, 0.25) is 0 Å². The minimum Gasteiger partial charge on any atom is -0.314 e. The number of hydrogen-bond acceptors (Lipinski definition) is 5. The molecule has 1 atom stereocenters. The van der Waals surface area contributed by atoms with Gasteiger partial charge in [0.2, 0.25) is 0 Å². The van der Waals surface area contributed by atoms with Crippen molar-refractivity contribution in [3.8, 4) is 6.07 Å². The van der Waals surface area contributed by atoms with Crippen LogP contribution >= 0.6 is 11.8 Å². The minimum absolute atomic E-state index is 0.242. The van der Waals surface area contributed by atoms with Crippen molar-refractivity contribution in [2.45, 2.75) is 24.0 Å². The lowest BCUT2D eigenvalue weighted by Gasteiger charge is -2.13. The standard InChI is InChI=1S/C8H13N5OS/c1-8(10,5-9)3-4-15-7-12-11-6(14)13(7)2/h3-4,10H2,1-2H3,(H,11,14). The summed E-state index contributed by atoms with van der Waals surface area (Å²) in [6, 6.07) is 2.02. The van der Waals surface area contributed by atoms with Gasteiger partial charge >= 0.3 is 5.69 Å². The highest BCUT2D eigenvalue weighted by molar-refractivity contribution is 7.99. The number of aromatic nitrogens is 3. The van der Waals surface area contributed by atoms with E-state index in [1.54, 1.807) is 14.0 Å². The van der Waals surface area contributed by atoms with Crippen molar-refractivity contribution in [2.24, 2.45) is 12.8 Å². The molecule has 0 saturated carbocycles. The van der Waals surface area contributed by atoms with Crippen LogP contribution in [0, 0.1) is 11.3 Å². The van der Waals surface area contributed by atoms with Gasteiger partial charge in [0.05, 0.1) is 6.07 Å². The fraction of sp³-hybridized carbons (Fsp3) is 0.625. The molecule has 0 aliphatic carbocycles. The summed E-state index contributed by atoms with van der Waals surface area (Å²) in [4.78, 5) is 11.0. The molecule has 7 heteroatoms. The molecule has 0 fully saturated rings. The van der Waals surface area contributed by atoms with E-state index < -0.39 is 5.54 Å². The summed E-state index contributed by atoms with van der Waals surface area (Å²) in [6.45, 7) is 1.68. The summed E-state index contributed by atoms with van der Waals surface area (Å²) < 4.78 is 1.42. The number of nitrogens with zero attached hydrogens (tertiary/aromatic N) is 3. The summed E-state index contributed by atoms with van der Waals surface area (Å²) in [5, 5.41) is 15.5. The van der Waals surface area contributed by atoms with Crippen LogP contribution in [0.15, 0.2) is 9.95 Å². The molecule has 15 heavy (non-hydrogen) atoms. The van der Waals surface area contributed by atoms with E-state index >= 15 is 0 Å². The first kappa shape index (κ1) is 11.8. The van der Waals surface area contributed by atoms with Gasteiger partial charge in [-0.15, -0.1) is 5.10 Å². The highest BCUT2D eigenvalue weighted by Crippen LogP contribution is 2.16. The number of rotatable bonds is 4. The topological polar surface area (TPSA) is 100 Å². The van der Waals surface area contributed by atoms with Crippen LogP contribution in [0.3, 0.4) is 0 Å². The Labute approximate surface area is 91.5 Å². The molecule has 82 valence electrons. The van der Waals surface area contributed by atoms with Gasteiger partial charge in [0.25, 0.3) is 0 Å². The van der Waals surface area contributed by atoms with Crippen molar-refractivity contribution in [3.63, 3.8) is 0 Å². The molecule has 0 radical (unpaired) electrons. The van der Waals surface area contributed by atoms with E-state index in [0.717, 1.165) is 0 Å². The third kappa shape index (κ3) is 3.11. The minimum atomic E-state index is -0.817. The Bertz CT molecular complexity index is 427. The number of nitrogens with two attached hydrogens (primary N) is 1. The molecule has 3 N–H and O–H groups in total. The molecule has 1 heterocycles. The summed E-state index contributed by atoms with van der Waals surface area (Å²) in [5.74, 6) is 0.651. The largest absolute Gasteiger partial charge is 0.343 e. The van der Waals surface area contributed by atoms with Crippen molar-refractivity contribution < 1.29 is 0 Å². The van der Waals surface area contributed by atoms with E-state index in [1.165, 1.54) is 16.3 Å². The number of H-pyrrole nitrogens is 1. The van der Waals surface area contributed by atoms with E-state index in [-0.39, 0.29) is 5.69 Å². The predicted octanol–water partition coefficient (Wildman–Crippen LogP) is -0.168. The summed E-state index contributed by atoms with van der Waals surface area (Å²) in [5.41, 5.74) is 4.59. The normalized spacial score (nSPS) is 14.5. The Balaban J connectivity index is 2.50. The van der Waals surface area contributed by atoms with E-state index in [1.807, 2.05) is 6.07 Å². The zero-order valence-corrected chi connectivity index (χ0v) is 9.47. The van der Waals surface area contributed by atoms with Gasteiger partial charge in [-0.3, -0.25) is 4.57 Å². The molecule has 0 amide bonds. The Morgan fingerprint density at radius 1 is 1.80 bits per heavy atom. The maximum absolute atomic E-state index is 11.0. The van der Waals surface area contributed by atoms with Crippen LogP contribution in [-0.4, -0.2) is 26.1 Å². The van der Waals surface area contributed by atoms with Gasteiger partial charge in [-0.25, -0.2) is 9.89 Å². The van der Waals surface area contributed by atoms with Crippen LogP contribution < -0.4 is 11.4 Å². The molecule has 0 bridgehead atoms. The van der Waals surface area contributed by atoms with Crippen LogP contribution in [0.4, 0.5) is 0 Å². The molecule has 6 nitrogen and oxygen atoms in total. The van der Waals surface area contributed by atoms with Gasteiger partial charge in [-0.05, 0) is 13.3 Å². The molecule has 0 aliphatic heterocycles. The molecule has 0 spiro atoms. The summed E-state index contributed by atoms with van der Waals surface area (Å²) >= 11 is 1.40. The smallest absolute Gasteiger partial charge is 0.314 e. The van der Waals surface area contributed by atoms with Crippen LogP contribution in [0.5, 0.6) is 0 Å². The van der Waals surface area contributed by atoms with Crippen molar-refractivity contribution in [3.05, 3.63) is 10.5 Å². The Hall–Kier alpha value is -1.26.